The number of nitrogens with zero attached hydrogens (tertiary/aromatic N) is 1. The monoisotopic (exact) mass is 482 g/mol. The fraction of sp³-hybridized carbons (Fsp3) is 0.208. The van der Waals surface area contributed by atoms with Crippen molar-refractivity contribution in [1.29, 1.82) is 0 Å². The zero-order valence-corrected chi connectivity index (χ0v) is 19.9. The van der Waals surface area contributed by atoms with Crippen molar-refractivity contribution in [3.63, 3.8) is 0 Å². The molecule has 172 valence electrons. The van der Waals surface area contributed by atoms with E-state index in [-0.39, 0.29) is 4.90 Å². The van der Waals surface area contributed by atoms with Crippen molar-refractivity contribution in [2.24, 2.45) is 0 Å². The molecule has 0 amide bonds. The predicted octanol–water partition coefficient (Wildman–Crippen LogP) is 4.70. The van der Waals surface area contributed by atoms with E-state index in [1.165, 1.54) is 16.2 Å². The molecule has 1 heterocycles. The smallest absolute Gasteiger partial charge is 0.261 e. The van der Waals surface area contributed by atoms with Gasteiger partial charge >= 0.3 is 0 Å². The number of rotatable bonds is 11. The van der Waals surface area contributed by atoms with Gasteiger partial charge in [0.1, 0.15) is 11.6 Å². The quantitative estimate of drug-likeness (QED) is 0.269. The number of fused-ring (bicyclic) bond motifs is 1. The normalized spacial score (nSPS) is 11.4. The summed E-state index contributed by atoms with van der Waals surface area (Å²) in [6.07, 6.45) is 0.949. The first-order chi connectivity index (χ1) is 16.0. The van der Waals surface area contributed by atoms with Crippen LogP contribution in [0.25, 0.3) is 10.1 Å². The van der Waals surface area contributed by atoms with E-state index < -0.39 is 10.0 Å². The Labute approximate surface area is 198 Å². The third-order valence-corrected chi connectivity index (χ3v) is 7.33. The van der Waals surface area contributed by atoms with Crippen molar-refractivity contribution in [3.8, 4) is 5.75 Å². The standard InChI is InChI=1S/C24H26N4O3S2/c1-31-20-11-9-19(10-12-20)28-33(29,30)21-13-7-18(8-14-21)17-25-15-4-16-26-24-22-5-2-3-6-23(22)32-27-24/h2-3,5-14,25,28H,4,15-17H2,1H3,(H,26,27). The molecule has 0 atom stereocenters. The average Bonchev–Trinajstić information content (AvgIpc) is 3.25. The molecule has 7 nitrogen and oxygen atoms in total. The molecule has 0 aliphatic carbocycles. The van der Waals surface area contributed by atoms with E-state index in [4.69, 9.17) is 4.74 Å². The Morgan fingerprint density at radius 3 is 2.45 bits per heavy atom. The molecule has 0 spiro atoms. The van der Waals surface area contributed by atoms with Crippen LogP contribution in [0.2, 0.25) is 0 Å². The molecule has 0 bridgehead atoms. The van der Waals surface area contributed by atoms with E-state index >= 15 is 0 Å². The summed E-state index contributed by atoms with van der Waals surface area (Å²) in [7, 11) is -2.08. The van der Waals surface area contributed by atoms with Crippen molar-refractivity contribution >= 4 is 43.1 Å². The van der Waals surface area contributed by atoms with Gasteiger partial charge in [0.05, 0.1) is 16.7 Å². The van der Waals surface area contributed by atoms with Gasteiger partial charge in [-0.05, 0) is 78.6 Å². The lowest BCUT2D eigenvalue weighted by Gasteiger charge is -2.10. The van der Waals surface area contributed by atoms with E-state index in [9.17, 15) is 8.42 Å². The van der Waals surface area contributed by atoms with Crippen LogP contribution in [0, 0.1) is 0 Å². The Hall–Kier alpha value is -3.14. The van der Waals surface area contributed by atoms with Gasteiger partial charge in [-0.1, -0.05) is 24.3 Å². The van der Waals surface area contributed by atoms with Crippen molar-refractivity contribution in [2.45, 2.75) is 17.9 Å². The van der Waals surface area contributed by atoms with E-state index in [1.54, 1.807) is 43.5 Å². The Kier molecular flexibility index (Phi) is 7.43. The van der Waals surface area contributed by atoms with Crippen molar-refractivity contribution in [2.75, 3.05) is 30.2 Å². The summed E-state index contributed by atoms with van der Waals surface area (Å²) in [5, 5.41) is 7.95. The van der Waals surface area contributed by atoms with Gasteiger partial charge in [0.25, 0.3) is 10.0 Å². The molecule has 1 aromatic heterocycles. The molecule has 0 aliphatic rings. The number of sulfonamides is 1. The highest BCUT2D eigenvalue weighted by Gasteiger charge is 2.14. The Bertz CT molecular complexity index is 1290. The average molecular weight is 483 g/mol. The van der Waals surface area contributed by atoms with Gasteiger partial charge in [-0.2, -0.15) is 4.37 Å². The molecule has 33 heavy (non-hydrogen) atoms. The number of aromatic nitrogens is 1. The second kappa shape index (κ2) is 10.7. The minimum absolute atomic E-state index is 0.224. The molecule has 4 aromatic rings. The lowest BCUT2D eigenvalue weighted by atomic mass is 10.2. The van der Waals surface area contributed by atoms with E-state index in [2.05, 4.69) is 31.9 Å². The summed E-state index contributed by atoms with van der Waals surface area (Å²) in [6.45, 7) is 2.34. The Morgan fingerprint density at radius 2 is 1.70 bits per heavy atom. The van der Waals surface area contributed by atoms with Gasteiger partial charge < -0.3 is 15.4 Å². The molecule has 0 saturated heterocycles. The molecular formula is C24H26N4O3S2. The largest absolute Gasteiger partial charge is 0.497 e. The summed E-state index contributed by atoms with van der Waals surface area (Å²) in [5.41, 5.74) is 1.51. The minimum atomic E-state index is -3.64. The number of nitrogens with one attached hydrogen (secondary N) is 3. The minimum Gasteiger partial charge on any atom is -0.497 e. The predicted molar refractivity (Wildman–Crippen MR) is 135 cm³/mol. The lowest BCUT2D eigenvalue weighted by Crippen LogP contribution is -2.18. The Morgan fingerprint density at radius 1 is 0.939 bits per heavy atom. The van der Waals surface area contributed by atoms with Gasteiger partial charge in [-0.3, -0.25) is 4.72 Å². The molecule has 0 radical (unpaired) electrons. The van der Waals surface area contributed by atoms with Crippen molar-refractivity contribution < 1.29 is 13.2 Å². The van der Waals surface area contributed by atoms with Gasteiger partial charge in [0.15, 0.2) is 0 Å². The third kappa shape index (κ3) is 6.01. The van der Waals surface area contributed by atoms with Crippen molar-refractivity contribution in [1.82, 2.24) is 9.69 Å². The first-order valence-corrected chi connectivity index (χ1v) is 12.9. The number of hydrogen-bond donors (Lipinski definition) is 3. The van der Waals surface area contributed by atoms with Crippen LogP contribution in [0.1, 0.15) is 12.0 Å². The van der Waals surface area contributed by atoms with Crippen LogP contribution in [0.3, 0.4) is 0 Å². The highest BCUT2D eigenvalue weighted by Crippen LogP contribution is 2.26. The fourth-order valence-corrected chi connectivity index (χ4v) is 5.14. The first-order valence-electron chi connectivity index (χ1n) is 10.6. The second-order valence-electron chi connectivity index (χ2n) is 7.46. The van der Waals surface area contributed by atoms with Gasteiger partial charge in [-0.25, -0.2) is 8.42 Å². The maximum atomic E-state index is 12.6. The number of hydrogen-bond acceptors (Lipinski definition) is 7. The summed E-state index contributed by atoms with van der Waals surface area (Å²) in [4.78, 5) is 0.224. The molecule has 3 aromatic carbocycles. The topological polar surface area (TPSA) is 92.3 Å². The van der Waals surface area contributed by atoms with E-state index in [0.29, 0.717) is 18.0 Å². The number of benzene rings is 3. The molecule has 0 fully saturated rings. The molecular weight excluding hydrogens is 456 g/mol. The van der Waals surface area contributed by atoms with Crippen LogP contribution in [-0.2, 0) is 16.6 Å². The summed E-state index contributed by atoms with van der Waals surface area (Å²) in [5.74, 6) is 1.61. The summed E-state index contributed by atoms with van der Waals surface area (Å²) < 4.78 is 38.6. The van der Waals surface area contributed by atoms with E-state index in [0.717, 1.165) is 36.3 Å². The van der Waals surface area contributed by atoms with Gasteiger partial charge in [-0.15, -0.1) is 0 Å². The molecule has 3 N–H and O–H groups in total. The number of anilines is 2. The highest BCUT2D eigenvalue weighted by molar-refractivity contribution is 7.92. The van der Waals surface area contributed by atoms with Crippen LogP contribution in [0.5, 0.6) is 5.75 Å². The van der Waals surface area contributed by atoms with Crippen LogP contribution < -0.4 is 20.1 Å². The maximum Gasteiger partial charge on any atom is 0.261 e. The molecule has 0 saturated carbocycles. The van der Waals surface area contributed by atoms with Crippen LogP contribution in [-0.4, -0.2) is 33.0 Å². The SMILES string of the molecule is COc1ccc(NS(=O)(=O)c2ccc(CNCCCNc3nsc4ccccc34)cc2)cc1. The number of ether oxygens (including phenoxy) is 1. The van der Waals surface area contributed by atoms with Crippen molar-refractivity contribution in [3.05, 3.63) is 78.4 Å². The van der Waals surface area contributed by atoms with Crippen LogP contribution in [0.4, 0.5) is 11.5 Å². The molecule has 4 rings (SSSR count). The molecule has 0 aliphatic heterocycles. The third-order valence-electron chi connectivity index (χ3n) is 5.11. The molecule has 0 unspecified atom stereocenters. The van der Waals surface area contributed by atoms with Crippen LogP contribution in [0.15, 0.2) is 77.7 Å². The van der Waals surface area contributed by atoms with E-state index in [1.807, 2.05) is 24.3 Å². The second-order valence-corrected chi connectivity index (χ2v) is 9.95. The zero-order valence-electron chi connectivity index (χ0n) is 18.2. The maximum absolute atomic E-state index is 12.6. The zero-order chi connectivity index (χ0) is 23.1. The highest BCUT2D eigenvalue weighted by atomic mass is 32.2. The Balaban J connectivity index is 1.21. The fourth-order valence-electron chi connectivity index (χ4n) is 3.33. The summed E-state index contributed by atoms with van der Waals surface area (Å²) in [6, 6.07) is 21.9. The van der Waals surface area contributed by atoms with Crippen LogP contribution >= 0.6 is 11.5 Å². The van der Waals surface area contributed by atoms with Gasteiger partial charge in [0.2, 0.25) is 0 Å². The molecule has 9 heteroatoms. The van der Waals surface area contributed by atoms with Gasteiger partial charge in [0, 0.05) is 24.2 Å². The lowest BCUT2D eigenvalue weighted by molar-refractivity contribution is 0.415. The number of methoxy groups -OCH3 is 1. The summed E-state index contributed by atoms with van der Waals surface area (Å²) >= 11 is 1.50. The first kappa shape index (κ1) is 23.0.